The fraction of sp³-hybridized carbons (Fsp3) is 0.333. The van der Waals surface area contributed by atoms with E-state index >= 15 is 0 Å². The molecular formula is C21H24N2O3S. The molecule has 1 aliphatic rings. The highest BCUT2D eigenvalue weighted by Gasteiger charge is 2.46. The topological polar surface area (TPSA) is 60.9 Å². The number of carbonyl (C=O) groups is 2. The molecule has 5 nitrogen and oxygen atoms in total. The predicted octanol–water partition coefficient (Wildman–Crippen LogP) is 3.43. The first-order valence-electron chi connectivity index (χ1n) is 8.93. The zero-order valence-corrected chi connectivity index (χ0v) is 16.6. The van der Waals surface area contributed by atoms with Gasteiger partial charge < -0.3 is 14.9 Å². The van der Waals surface area contributed by atoms with Crippen LogP contribution in [0.15, 0.2) is 47.4 Å². The van der Waals surface area contributed by atoms with Gasteiger partial charge in [-0.1, -0.05) is 35.9 Å². The van der Waals surface area contributed by atoms with Crippen LogP contribution in [0.1, 0.15) is 28.5 Å². The van der Waals surface area contributed by atoms with Crippen molar-refractivity contribution in [3.05, 3.63) is 63.4 Å². The molecule has 27 heavy (non-hydrogen) atoms. The second kappa shape index (κ2) is 8.06. The number of benzene rings is 1. The zero-order chi connectivity index (χ0) is 19.6. The van der Waals surface area contributed by atoms with Crippen molar-refractivity contribution < 1.29 is 14.7 Å². The van der Waals surface area contributed by atoms with Gasteiger partial charge in [-0.25, -0.2) is 0 Å². The minimum absolute atomic E-state index is 0.109. The molecule has 3 rings (SSSR count). The van der Waals surface area contributed by atoms with Crippen LogP contribution in [0, 0.1) is 6.92 Å². The summed E-state index contributed by atoms with van der Waals surface area (Å²) in [5.41, 5.74) is 1.79. The Bertz CT molecular complexity index is 854. The van der Waals surface area contributed by atoms with Gasteiger partial charge in [0.2, 0.25) is 0 Å². The summed E-state index contributed by atoms with van der Waals surface area (Å²) in [7, 11) is 3.95. The van der Waals surface area contributed by atoms with E-state index in [2.05, 4.69) is 0 Å². The standard InChI is InChI=1S/C21H24N2O3S/c1-14-7-9-15(10-8-14)19(24)17-18(16-6-4-13-27-16)23(21(26)20(17)25)12-5-11-22(2)3/h4,6-10,13,18,24H,5,11-12H2,1-3H3/t18-/m0/s1. The van der Waals surface area contributed by atoms with Gasteiger partial charge in [0.05, 0.1) is 11.6 Å². The number of rotatable bonds is 6. The molecule has 0 unspecified atom stereocenters. The minimum atomic E-state index is -0.615. The van der Waals surface area contributed by atoms with Gasteiger partial charge in [0.15, 0.2) is 0 Å². The van der Waals surface area contributed by atoms with E-state index in [0.29, 0.717) is 12.1 Å². The summed E-state index contributed by atoms with van der Waals surface area (Å²) in [6.07, 6.45) is 0.756. The summed E-state index contributed by atoms with van der Waals surface area (Å²) in [4.78, 5) is 30.0. The molecule has 142 valence electrons. The Morgan fingerprint density at radius 3 is 2.48 bits per heavy atom. The lowest BCUT2D eigenvalue weighted by Crippen LogP contribution is -2.32. The fourth-order valence-electron chi connectivity index (χ4n) is 3.28. The molecule has 6 heteroatoms. The first-order valence-corrected chi connectivity index (χ1v) is 9.81. The van der Waals surface area contributed by atoms with Crippen molar-refractivity contribution in [2.45, 2.75) is 19.4 Å². The molecule has 1 aromatic heterocycles. The lowest BCUT2D eigenvalue weighted by molar-refractivity contribution is -0.139. The Hall–Kier alpha value is -2.44. The number of Topliss-reactive ketones (excluding diaryl/α,β-unsaturated/α-hetero) is 1. The summed E-state index contributed by atoms with van der Waals surface area (Å²) in [6.45, 7) is 3.24. The molecular weight excluding hydrogens is 360 g/mol. The summed E-state index contributed by atoms with van der Waals surface area (Å²) in [5.74, 6) is -1.26. The third-order valence-corrected chi connectivity index (χ3v) is 5.61. The lowest BCUT2D eigenvalue weighted by Gasteiger charge is -2.24. The van der Waals surface area contributed by atoms with E-state index in [-0.39, 0.29) is 11.3 Å². The number of aliphatic hydroxyl groups is 1. The SMILES string of the molecule is Cc1ccc(C(O)=C2C(=O)C(=O)N(CCCN(C)C)[C@H]2c2cccs2)cc1. The molecule has 1 fully saturated rings. The van der Waals surface area contributed by atoms with Crippen LogP contribution in [0.25, 0.3) is 5.76 Å². The van der Waals surface area contributed by atoms with E-state index in [1.165, 1.54) is 11.3 Å². The molecule has 2 aromatic rings. The number of aliphatic hydroxyl groups excluding tert-OH is 1. The molecule has 1 amide bonds. The van der Waals surface area contributed by atoms with Crippen molar-refractivity contribution in [1.29, 1.82) is 0 Å². The van der Waals surface area contributed by atoms with Crippen LogP contribution in [-0.4, -0.2) is 53.8 Å². The number of aryl methyl sites for hydroxylation is 1. The van der Waals surface area contributed by atoms with E-state index in [1.807, 2.05) is 55.6 Å². The third kappa shape index (κ3) is 3.96. The van der Waals surface area contributed by atoms with Gasteiger partial charge in [0.1, 0.15) is 5.76 Å². The highest BCUT2D eigenvalue weighted by Crippen LogP contribution is 2.41. The number of thiophene rings is 1. The molecule has 1 N–H and O–H groups in total. The minimum Gasteiger partial charge on any atom is -0.507 e. The van der Waals surface area contributed by atoms with Gasteiger partial charge in [0, 0.05) is 17.0 Å². The maximum atomic E-state index is 12.8. The van der Waals surface area contributed by atoms with Crippen molar-refractivity contribution >= 4 is 28.8 Å². The van der Waals surface area contributed by atoms with E-state index in [1.54, 1.807) is 17.0 Å². The Balaban J connectivity index is 2.03. The lowest BCUT2D eigenvalue weighted by atomic mass is 9.99. The van der Waals surface area contributed by atoms with Gasteiger partial charge >= 0.3 is 0 Å². The predicted molar refractivity (Wildman–Crippen MR) is 108 cm³/mol. The smallest absolute Gasteiger partial charge is 0.295 e. The fourth-order valence-corrected chi connectivity index (χ4v) is 4.12. The second-order valence-electron chi connectivity index (χ2n) is 7.03. The third-order valence-electron chi connectivity index (χ3n) is 4.68. The Kier molecular flexibility index (Phi) is 5.77. The van der Waals surface area contributed by atoms with Crippen molar-refractivity contribution in [3.63, 3.8) is 0 Å². The largest absolute Gasteiger partial charge is 0.507 e. The first-order chi connectivity index (χ1) is 12.9. The molecule has 0 bridgehead atoms. The van der Waals surface area contributed by atoms with Gasteiger partial charge in [-0.2, -0.15) is 0 Å². The second-order valence-corrected chi connectivity index (χ2v) is 8.01. The summed E-state index contributed by atoms with van der Waals surface area (Å²) in [6, 6.07) is 10.6. The maximum absolute atomic E-state index is 12.8. The number of hydrogen-bond acceptors (Lipinski definition) is 5. The van der Waals surface area contributed by atoms with Crippen molar-refractivity contribution in [2.24, 2.45) is 0 Å². The number of likely N-dealkylation sites (tertiary alicyclic amines) is 1. The number of ketones is 1. The molecule has 0 aliphatic carbocycles. The molecule has 0 radical (unpaired) electrons. The molecule has 1 saturated heterocycles. The van der Waals surface area contributed by atoms with E-state index in [0.717, 1.165) is 23.4 Å². The molecule has 0 saturated carbocycles. The van der Waals surface area contributed by atoms with Crippen molar-refractivity contribution in [1.82, 2.24) is 9.80 Å². The molecule has 1 aliphatic heterocycles. The number of amides is 1. The van der Waals surface area contributed by atoms with Crippen LogP contribution >= 0.6 is 11.3 Å². The quantitative estimate of drug-likeness (QED) is 0.471. The van der Waals surface area contributed by atoms with Crippen molar-refractivity contribution in [3.8, 4) is 0 Å². The van der Waals surface area contributed by atoms with Gasteiger partial charge in [-0.3, -0.25) is 9.59 Å². The highest BCUT2D eigenvalue weighted by molar-refractivity contribution is 7.10. The number of nitrogens with zero attached hydrogens (tertiary/aromatic N) is 2. The molecule has 1 atom stereocenters. The van der Waals surface area contributed by atoms with Gasteiger partial charge in [-0.05, 0) is 45.4 Å². The van der Waals surface area contributed by atoms with Crippen LogP contribution < -0.4 is 0 Å². The average molecular weight is 385 g/mol. The Labute approximate surface area is 163 Å². The Morgan fingerprint density at radius 1 is 1.19 bits per heavy atom. The average Bonchev–Trinajstić information content (AvgIpc) is 3.24. The zero-order valence-electron chi connectivity index (χ0n) is 15.8. The van der Waals surface area contributed by atoms with Gasteiger partial charge in [0.25, 0.3) is 11.7 Å². The van der Waals surface area contributed by atoms with Crippen LogP contribution in [-0.2, 0) is 9.59 Å². The highest BCUT2D eigenvalue weighted by atomic mass is 32.1. The first kappa shape index (κ1) is 19.3. The number of carbonyl (C=O) groups excluding carboxylic acids is 2. The summed E-state index contributed by atoms with van der Waals surface area (Å²) >= 11 is 1.48. The summed E-state index contributed by atoms with van der Waals surface area (Å²) < 4.78 is 0. The van der Waals surface area contributed by atoms with Crippen LogP contribution in [0.2, 0.25) is 0 Å². The van der Waals surface area contributed by atoms with E-state index in [4.69, 9.17) is 0 Å². The van der Waals surface area contributed by atoms with E-state index < -0.39 is 17.7 Å². The summed E-state index contributed by atoms with van der Waals surface area (Å²) in [5, 5.41) is 12.8. The van der Waals surface area contributed by atoms with Crippen molar-refractivity contribution in [2.75, 3.05) is 27.2 Å². The molecule has 1 aromatic carbocycles. The van der Waals surface area contributed by atoms with Gasteiger partial charge in [-0.15, -0.1) is 11.3 Å². The Morgan fingerprint density at radius 2 is 1.89 bits per heavy atom. The number of hydrogen-bond donors (Lipinski definition) is 1. The van der Waals surface area contributed by atoms with Crippen LogP contribution in [0.3, 0.4) is 0 Å². The maximum Gasteiger partial charge on any atom is 0.295 e. The molecule has 2 heterocycles. The monoisotopic (exact) mass is 384 g/mol. The van der Waals surface area contributed by atoms with E-state index in [9.17, 15) is 14.7 Å². The normalized spacial score (nSPS) is 19.3. The molecule has 0 spiro atoms. The van der Waals surface area contributed by atoms with Crippen LogP contribution in [0.4, 0.5) is 0 Å². The van der Waals surface area contributed by atoms with Crippen LogP contribution in [0.5, 0.6) is 0 Å².